The lowest BCUT2D eigenvalue weighted by Crippen LogP contribution is -2.00. The van der Waals surface area contributed by atoms with Gasteiger partial charge in [0.05, 0.1) is 18.1 Å². The molecule has 0 amide bonds. The van der Waals surface area contributed by atoms with Crippen LogP contribution < -0.4 is 0 Å². The maximum atomic E-state index is 4.76. The first-order chi connectivity index (χ1) is 11.9. The Hall–Kier alpha value is -3.15. The quantitative estimate of drug-likeness (QED) is 0.581. The van der Waals surface area contributed by atoms with Gasteiger partial charge in [-0.2, -0.15) is 5.10 Å². The third-order valence-corrected chi connectivity index (χ3v) is 4.30. The Balaban J connectivity index is 1.61. The Morgan fingerprint density at radius 3 is 2.50 bits per heavy atom. The van der Waals surface area contributed by atoms with Crippen LogP contribution in [0.4, 0.5) is 0 Å². The van der Waals surface area contributed by atoms with Crippen LogP contribution in [0.5, 0.6) is 0 Å². The molecule has 5 rings (SSSR count). The molecule has 3 aromatic heterocycles. The van der Waals surface area contributed by atoms with Crippen LogP contribution >= 0.6 is 0 Å². The van der Waals surface area contributed by atoms with Crippen LogP contribution in [-0.2, 0) is 0 Å². The van der Waals surface area contributed by atoms with E-state index in [1.54, 1.807) is 6.20 Å². The molecule has 0 radical (unpaired) electrons. The van der Waals surface area contributed by atoms with E-state index in [1.807, 2.05) is 41.3 Å². The molecule has 0 saturated heterocycles. The van der Waals surface area contributed by atoms with Gasteiger partial charge in [-0.15, -0.1) is 0 Å². The Labute approximate surface area is 138 Å². The average molecular weight is 314 g/mol. The molecular formula is C18H14N6. The molecular weight excluding hydrogens is 300 g/mol. The topological polar surface area (TPSA) is 68.9 Å². The van der Waals surface area contributed by atoms with Gasteiger partial charge in [-0.05, 0) is 24.5 Å². The Morgan fingerprint density at radius 1 is 0.875 bits per heavy atom. The van der Waals surface area contributed by atoms with E-state index in [0.717, 1.165) is 28.1 Å². The van der Waals surface area contributed by atoms with Gasteiger partial charge in [0, 0.05) is 29.4 Å². The second-order valence-corrected chi connectivity index (χ2v) is 6.02. The molecule has 1 saturated carbocycles. The number of benzene rings is 1. The summed E-state index contributed by atoms with van der Waals surface area (Å²) in [5.41, 5.74) is 5.05. The lowest BCUT2D eigenvalue weighted by Gasteiger charge is -2.06. The lowest BCUT2D eigenvalue weighted by molar-refractivity contribution is 0.838. The lowest BCUT2D eigenvalue weighted by atomic mass is 10.0. The molecule has 116 valence electrons. The number of imidazole rings is 1. The zero-order valence-corrected chi connectivity index (χ0v) is 12.9. The van der Waals surface area contributed by atoms with Gasteiger partial charge in [0.1, 0.15) is 12.0 Å². The first kappa shape index (κ1) is 13.3. The van der Waals surface area contributed by atoms with Gasteiger partial charge in [-0.25, -0.2) is 24.5 Å². The van der Waals surface area contributed by atoms with Crippen molar-refractivity contribution in [1.82, 2.24) is 29.5 Å². The van der Waals surface area contributed by atoms with Gasteiger partial charge in [-0.1, -0.05) is 18.2 Å². The Kier molecular flexibility index (Phi) is 2.88. The third kappa shape index (κ3) is 2.23. The summed E-state index contributed by atoms with van der Waals surface area (Å²) in [4.78, 5) is 17.0. The highest BCUT2D eigenvalue weighted by atomic mass is 15.3. The first-order valence-electron chi connectivity index (χ1n) is 7.95. The summed E-state index contributed by atoms with van der Waals surface area (Å²) in [7, 11) is 0. The molecule has 0 spiro atoms. The zero-order valence-electron chi connectivity index (χ0n) is 12.9. The Morgan fingerprint density at radius 2 is 1.67 bits per heavy atom. The van der Waals surface area contributed by atoms with E-state index < -0.39 is 0 Å². The van der Waals surface area contributed by atoms with Gasteiger partial charge in [0.2, 0.25) is 0 Å². The zero-order chi connectivity index (χ0) is 15.9. The van der Waals surface area contributed by atoms with Crippen LogP contribution in [-0.4, -0.2) is 29.5 Å². The number of nitrogens with zero attached hydrogens (tertiary/aromatic N) is 6. The second kappa shape index (κ2) is 5.19. The van der Waals surface area contributed by atoms with Crippen molar-refractivity contribution in [3.05, 3.63) is 61.1 Å². The summed E-state index contributed by atoms with van der Waals surface area (Å²) in [5, 5.41) is 4.76. The van der Waals surface area contributed by atoms with E-state index in [1.165, 1.54) is 19.2 Å². The normalized spacial score (nSPS) is 14.2. The molecule has 1 aliphatic carbocycles. The van der Waals surface area contributed by atoms with Crippen LogP contribution in [0.15, 0.2) is 55.4 Å². The van der Waals surface area contributed by atoms with Crippen LogP contribution in [0.1, 0.15) is 24.5 Å². The number of fused-ring (bicyclic) bond motifs is 1. The van der Waals surface area contributed by atoms with Crippen molar-refractivity contribution < 1.29 is 0 Å². The molecule has 0 unspecified atom stereocenters. The van der Waals surface area contributed by atoms with E-state index in [2.05, 4.69) is 26.0 Å². The van der Waals surface area contributed by atoms with E-state index in [-0.39, 0.29) is 0 Å². The van der Waals surface area contributed by atoms with Crippen LogP contribution in [0.25, 0.3) is 28.2 Å². The first-order valence-corrected chi connectivity index (χ1v) is 7.95. The number of hydrogen-bond acceptors (Lipinski definition) is 5. The predicted molar refractivity (Wildman–Crippen MR) is 89.2 cm³/mol. The molecule has 0 atom stereocenters. The maximum Gasteiger partial charge on any atom is 0.250 e. The summed E-state index contributed by atoms with van der Waals surface area (Å²) in [5.74, 6) is 1.24. The fourth-order valence-corrected chi connectivity index (χ4v) is 2.89. The van der Waals surface area contributed by atoms with Gasteiger partial charge < -0.3 is 0 Å². The minimum atomic E-state index is 0.581. The molecule has 6 heteroatoms. The Bertz CT molecular complexity index is 1020. The molecule has 0 aliphatic heterocycles. The monoisotopic (exact) mass is 314 g/mol. The van der Waals surface area contributed by atoms with Crippen molar-refractivity contribution in [1.29, 1.82) is 0 Å². The highest BCUT2D eigenvalue weighted by molar-refractivity contribution is 5.70. The molecule has 1 aliphatic rings. The third-order valence-electron chi connectivity index (χ3n) is 4.30. The van der Waals surface area contributed by atoms with E-state index in [4.69, 9.17) is 5.10 Å². The summed E-state index contributed by atoms with van der Waals surface area (Å²) in [6, 6.07) is 8.18. The minimum Gasteiger partial charge on any atom is -0.244 e. The van der Waals surface area contributed by atoms with Crippen molar-refractivity contribution in [2.24, 2.45) is 0 Å². The van der Waals surface area contributed by atoms with Crippen molar-refractivity contribution in [3.63, 3.8) is 0 Å². The summed E-state index contributed by atoms with van der Waals surface area (Å²) >= 11 is 0. The SMILES string of the molecule is c1cc(-c2cncnc2)cc(-c2cnc3ncc(C4CC4)n3n2)c1. The molecule has 1 fully saturated rings. The van der Waals surface area contributed by atoms with Gasteiger partial charge in [0.25, 0.3) is 5.78 Å². The highest BCUT2D eigenvalue weighted by Gasteiger charge is 2.27. The number of hydrogen-bond donors (Lipinski definition) is 0. The van der Waals surface area contributed by atoms with Crippen LogP contribution in [0.3, 0.4) is 0 Å². The number of aromatic nitrogens is 6. The van der Waals surface area contributed by atoms with E-state index in [0.29, 0.717) is 11.7 Å². The smallest absolute Gasteiger partial charge is 0.244 e. The molecule has 0 N–H and O–H groups in total. The highest BCUT2D eigenvalue weighted by Crippen LogP contribution is 2.39. The fraction of sp³-hybridized carbons (Fsp3) is 0.167. The largest absolute Gasteiger partial charge is 0.250 e. The summed E-state index contributed by atoms with van der Waals surface area (Å²) in [6.07, 6.45) is 11.2. The molecule has 3 heterocycles. The minimum absolute atomic E-state index is 0.581. The molecule has 24 heavy (non-hydrogen) atoms. The van der Waals surface area contributed by atoms with Crippen molar-refractivity contribution in [2.75, 3.05) is 0 Å². The van der Waals surface area contributed by atoms with Crippen LogP contribution in [0.2, 0.25) is 0 Å². The fourth-order valence-electron chi connectivity index (χ4n) is 2.89. The van der Waals surface area contributed by atoms with Gasteiger partial charge >= 0.3 is 0 Å². The van der Waals surface area contributed by atoms with Gasteiger partial charge in [0.15, 0.2) is 0 Å². The van der Waals surface area contributed by atoms with Crippen molar-refractivity contribution >= 4 is 5.78 Å². The maximum absolute atomic E-state index is 4.76. The predicted octanol–water partition coefficient (Wildman–Crippen LogP) is 3.13. The molecule has 6 nitrogen and oxygen atoms in total. The van der Waals surface area contributed by atoms with Crippen LogP contribution in [0, 0.1) is 0 Å². The van der Waals surface area contributed by atoms with E-state index >= 15 is 0 Å². The standard InChI is InChI=1S/C18H14N6/c1-2-13(15-7-19-11-20-8-15)6-14(3-1)16-9-21-18-22-10-17(12-4-5-12)24(18)23-16/h1-3,6-12H,4-5H2. The second-order valence-electron chi connectivity index (χ2n) is 6.02. The summed E-state index contributed by atoms with van der Waals surface area (Å²) < 4.78 is 1.88. The van der Waals surface area contributed by atoms with Crippen molar-refractivity contribution in [2.45, 2.75) is 18.8 Å². The molecule has 4 aromatic rings. The van der Waals surface area contributed by atoms with E-state index in [9.17, 15) is 0 Å². The van der Waals surface area contributed by atoms with Gasteiger partial charge in [-0.3, -0.25) is 0 Å². The molecule has 0 bridgehead atoms. The number of rotatable bonds is 3. The summed E-state index contributed by atoms with van der Waals surface area (Å²) in [6.45, 7) is 0. The van der Waals surface area contributed by atoms with Crippen molar-refractivity contribution in [3.8, 4) is 22.4 Å². The molecule has 1 aromatic carbocycles. The average Bonchev–Trinajstić information content (AvgIpc) is 3.41.